The van der Waals surface area contributed by atoms with Gasteiger partial charge in [0.25, 0.3) is 5.91 Å². The Morgan fingerprint density at radius 1 is 0.951 bits per heavy atom. The minimum atomic E-state index is -4.63. The highest BCUT2D eigenvalue weighted by Gasteiger charge is 2.79. The van der Waals surface area contributed by atoms with E-state index in [1.807, 2.05) is 4.90 Å². The van der Waals surface area contributed by atoms with Crippen LogP contribution in [-0.2, 0) is 4.79 Å². The maximum absolute atomic E-state index is 14.6. The average Bonchev–Trinajstić information content (AvgIpc) is 3.65. The third-order valence-corrected chi connectivity index (χ3v) is 10.6. The zero-order valence-corrected chi connectivity index (χ0v) is 23.6. The van der Waals surface area contributed by atoms with E-state index >= 15 is 0 Å². The van der Waals surface area contributed by atoms with Crippen molar-refractivity contribution < 1.29 is 31.5 Å². The van der Waals surface area contributed by atoms with E-state index in [2.05, 4.69) is 4.90 Å². The number of piperazine rings is 1. The molecule has 3 aliphatic heterocycles. The van der Waals surface area contributed by atoms with Gasteiger partial charge in [0.15, 0.2) is 0 Å². The van der Waals surface area contributed by atoms with Crippen LogP contribution in [0.25, 0.3) is 0 Å². The number of hydrogen-bond donors (Lipinski definition) is 0. The predicted molar refractivity (Wildman–Crippen MR) is 146 cm³/mol. The fraction of sp³-hybridized carbons (Fsp3) is 0.517. The second-order valence-corrected chi connectivity index (χ2v) is 13.2. The molecule has 2 atom stereocenters. The molecule has 2 aromatic carbocycles. The molecule has 2 unspecified atom stereocenters. The Labute approximate surface area is 239 Å². The van der Waals surface area contributed by atoms with E-state index in [0.717, 1.165) is 17.7 Å². The lowest BCUT2D eigenvalue weighted by molar-refractivity contribution is -0.187. The van der Waals surface area contributed by atoms with Crippen molar-refractivity contribution in [3.63, 3.8) is 0 Å². The van der Waals surface area contributed by atoms with Gasteiger partial charge in [-0.05, 0) is 30.5 Å². The van der Waals surface area contributed by atoms with Crippen molar-refractivity contribution in [1.82, 2.24) is 14.7 Å². The number of anilines is 1. The summed E-state index contributed by atoms with van der Waals surface area (Å²) >= 11 is 0.687. The van der Waals surface area contributed by atoms with Crippen molar-refractivity contribution in [3.8, 4) is 0 Å². The van der Waals surface area contributed by atoms with E-state index in [9.17, 15) is 31.5 Å². The highest BCUT2D eigenvalue weighted by atomic mass is 32.2. The van der Waals surface area contributed by atoms with E-state index in [1.165, 1.54) is 31.1 Å². The van der Waals surface area contributed by atoms with Gasteiger partial charge < -0.3 is 14.7 Å². The van der Waals surface area contributed by atoms with Gasteiger partial charge in [-0.15, -0.1) is 11.8 Å². The third-order valence-electron chi connectivity index (χ3n) is 8.98. The molecule has 6 rings (SSSR count). The van der Waals surface area contributed by atoms with E-state index in [4.69, 9.17) is 0 Å². The van der Waals surface area contributed by atoms with Gasteiger partial charge in [0.1, 0.15) is 17.2 Å². The number of benzene rings is 2. The van der Waals surface area contributed by atoms with Gasteiger partial charge in [-0.25, -0.2) is 8.78 Å². The van der Waals surface area contributed by atoms with Crippen LogP contribution in [-0.4, -0.2) is 96.8 Å². The quantitative estimate of drug-likeness (QED) is 0.375. The van der Waals surface area contributed by atoms with Crippen molar-refractivity contribution in [3.05, 3.63) is 65.2 Å². The number of carbonyl (C=O) groups is 2. The molecule has 4 fully saturated rings. The topological polar surface area (TPSA) is 47.1 Å². The number of nitrogens with zero attached hydrogens (tertiary/aromatic N) is 4. The Balaban J connectivity index is 1.02. The summed E-state index contributed by atoms with van der Waals surface area (Å²) in [4.78, 5) is 32.0. The van der Waals surface area contributed by atoms with E-state index < -0.39 is 45.2 Å². The smallest absolute Gasteiger partial charge is 0.369 e. The zero-order chi connectivity index (χ0) is 29.3. The minimum Gasteiger partial charge on any atom is -0.369 e. The zero-order valence-electron chi connectivity index (χ0n) is 22.8. The van der Waals surface area contributed by atoms with Gasteiger partial charge in [-0.2, -0.15) is 13.2 Å². The first kappa shape index (κ1) is 28.3. The van der Waals surface area contributed by atoms with Crippen molar-refractivity contribution in [2.45, 2.75) is 35.1 Å². The predicted octanol–water partition coefficient (Wildman–Crippen LogP) is 4.57. The SMILES string of the molecule is CN(C)C(=O)c1c(F)cc(N2CCN(C3CC4(C3)CN(C(=O)C3(C(F)(F)F)SC3c3ccccc3)C4)CC2)cc1F. The number of amides is 2. The highest BCUT2D eigenvalue weighted by Crippen LogP contribution is 2.72. The molecule has 0 N–H and O–H groups in total. The molecular weight excluding hydrogens is 563 g/mol. The van der Waals surface area contributed by atoms with Gasteiger partial charge in [-0.3, -0.25) is 14.5 Å². The number of hydrogen-bond acceptors (Lipinski definition) is 5. The molecule has 2 aromatic rings. The van der Waals surface area contributed by atoms with Crippen LogP contribution in [0.4, 0.5) is 27.6 Å². The summed E-state index contributed by atoms with van der Waals surface area (Å²) in [5.41, 5.74) is 0.207. The fourth-order valence-corrected chi connectivity index (χ4v) is 8.03. The maximum Gasteiger partial charge on any atom is 0.413 e. The number of rotatable bonds is 5. The molecule has 0 bridgehead atoms. The number of thioether (sulfide) groups is 1. The molecular formula is C29H31F5N4O2S. The number of carbonyl (C=O) groups excluding carboxylic acids is 2. The molecule has 1 aliphatic carbocycles. The first-order valence-corrected chi connectivity index (χ1v) is 14.5. The van der Waals surface area contributed by atoms with Crippen LogP contribution in [0.5, 0.6) is 0 Å². The monoisotopic (exact) mass is 594 g/mol. The van der Waals surface area contributed by atoms with Gasteiger partial charge in [0.05, 0.1) is 5.25 Å². The Bertz CT molecular complexity index is 1330. The van der Waals surface area contributed by atoms with Gasteiger partial charge in [0.2, 0.25) is 10.7 Å². The van der Waals surface area contributed by atoms with Crippen LogP contribution < -0.4 is 4.90 Å². The minimum absolute atomic E-state index is 0.132. The van der Waals surface area contributed by atoms with E-state index in [1.54, 1.807) is 30.3 Å². The van der Waals surface area contributed by atoms with Gasteiger partial charge in [0, 0.05) is 70.5 Å². The number of likely N-dealkylation sites (tertiary alicyclic amines) is 1. The standard InChI is InChI=1S/C29H31F5N4O2S/c1-35(2)25(39)23-21(30)12-19(13-22(23)31)36-8-10-37(11-9-36)20-14-27(15-20)16-38(17-27)26(40)28(29(32,33)34)24(41-28)18-6-4-3-5-7-18/h3-7,12-13,20,24H,8-11,14-17H2,1-2H3. The lowest BCUT2D eigenvalue weighted by atomic mass is 9.60. The number of halogens is 5. The molecule has 3 saturated heterocycles. The molecule has 12 heteroatoms. The second kappa shape index (κ2) is 9.86. The Kier molecular flexibility index (Phi) is 6.80. The molecule has 1 saturated carbocycles. The van der Waals surface area contributed by atoms with Crippen molar-refractivity contribution in [1.29, 1.82) is 0 Å². The summed E-state index contributed by atoms with van der Waals surface area (Å²) in [5.74, 6) is -3.34. The molecule has 3 heterocycles. The first-order valence-electron chi connectivity index (χ1n) is 13.6. The van der Waals surface area contributed by atoms with Crippen LogP contribution in [0, 0.1) is 17.0 Å². The van der Waals surface area contributed by atoms with Crippen molar-refractivity contribution in [2.24, 2.45) is 5.41 Å². The van der Waals surface area contributed by atoms with Crippen LogP contribution in [0.15, 0.2) is 42.5 Å². The Hall–Kier alpha value is -2.86. The molecule has 0 radical (unpaired) electrons. The second-order valence-electron chi connectivity index (χ2n) is 11.9. The van der Waals surface area contributed by atoms with Crippen LogP contribution >= 0.6 is 11.8 Å². The molecule has 4 aliphatic rings. The normalized spacial score (nSPS) is 26.0. The van der Waals surface area contributed by atoms with E-state index in [-0.39, 0.29) is 11.5 Å². The first-order chi connectivity index (χ1) is 19.3. The Morgan fingerprint density at radius 2 is 1.54 bits per heavy atom. The fourth-order valence-electron chi connectivity index (χ4n) is 6.70. The Morgan fingerprint density at radius 3 is 2.07 bits per heavy atom. The summed E-state index contributed by atoms with van der Waals surface area (Å²) in [6.07, 6.45) is -3.00. The molecule has 220 valence electrons. The summed E-state index contributed by atoms with van der Waals surface area (Å²) in [7, 11) is 2.87. The average molecular weight is 595 g/mol. The molecule has 6 nitrogen and oxygen atoms in total. The highest BCUT2D eigenvalue weighted by molar-refractivity contribution is 8.09. The summed E-state index contributed by atoms with van der Waals surface area (Å²) in [6.45, 7) is 3.16. The largest absolute Gasteiger partial charge is 0.413 e. The summed E-state index contributed by atoms with van der Waals surface area (Å²) in [6, 6.07) is 11.1. The lowest BCUT2D eigenvalue weighted by Gasteiger charge is -2.62. The van der Waals surface area contributed by atoms with Gasteiger partial charge in [-0.1, -0.05) is 30.3 Å². The van der Waals surface area contributed by atoms with E-state index in [0.29, 0.717) is 62.3 Å². The summed E-state index contributed by atoms with van der Waals surface area (Å²) in [5, 5.41) is -0.912. The van der Waals surface area contributed by atoms with Crippen LogP contribution in [0.1, 0.15) is 34.0 Å². The van der Waals surface area contributed by atoms with Crippen molar-refractivity contribution in [2.75, 3.05) is 58.3 Å². The maximum atomic E-state index is 14.6. The molecule has 1 spiro atoms. The molecule has 2 amide bonds. The molecule has 0 aromatic heterocycles. The van der Waals surface area contributed by atoms with Crippen LogP contribution in [0.2, 0.25) is 0 Å². The van der Waals surface area contributed by atoms with Gasteiger partial charge >= 0.3 is 6.18 Å². The molecule has 41 heavy (non-hydrogen) atoms. The number of alkyl halides is 3. The van der Waals surface area contributed by atoms with Crippen LogP contribution in [0.3, 0.4) is 0 Å². The third kappa shape index (κ3) is 4.67. The summed E-state index contributed by atoms with van der Waals surface area (Å²) < 4.78 is 69.2. The van der Waals surface area contributed by atoms with Crippen molar-refractivity contribution >= 4 is 29.3 Å². The lowest BCUT2D eigenvalue weighted by Crippen LogP contribution is -2.70.